The molecule has 0 amide bonds. The molecule has 1 rings (SSSR count). The Bertz CT molecular complexity index is 103. The first kappa shape index (κ1) is 8.06. The molecule has 0 heterocycles. The number of hydrogen-bond donors (Lipinski definition) is 1. The van der Waals surface area contributed by atoms with Gasteiger partial charge in [0.2, 0.25) is 0 Å². The fourth-order valence-electron chi connectivity index (χ4n) is 1.65. The smallest absolute Gasteiger partial charge is 0.0000385 e. The molecule has 1 fully saturated rings. The molecule has 1 N–H and O–H groups in total. The van der Waals surface area contributed by atoms with Crippen LogP contribution in [0, 0.1) is 11.3 Å². The summed E-state index contributed by atoms with van der Waals surface area (Å²) < 4.78 is 0. The summed E-state index contributed by atoms with van der Waals surface area (Å²) >= 11 is 0. The van der Waals surface area contributed by atoms with Crippen LogP contribution in [-0.2, 0) is 0 Å². The molecule has 1 aliphatic carbocycles. The van der Waals surface area contributed by atoms with Crippen molar-refractivity contribution in [2.45, 2.75) is 33.1 Å². The molecule has 1 nitrogen and oxygen atoms in total. The zero-order chi connectivity index (χ0) is 7.61. The third-order valence-electron chi connectivity index (χ3n) is 2.19. The molecule has 0 saturated heterocycles. The van der Waals surface area contributed by atoms with Crippen LogP contribution in [0.5, 0.6) is 0 Å². The summed E-state index contributed by atoms with van der Waals surface area (Å²) in [6, 6.07) is 0. The van der Waals surface area contributed by atoms with Gasteiger partial charge in [0.1, 0.15) is 0 Å². The average Bonchev–Trinajstić information content (AvgIpc) is 2.48. The van der Waals surface area contributed by atoms with Gasteiger partial charge in [0.25, 0.3) is 0 Å². The summed E-state index contributed by atoms with van der Waals surface area (Å²) in [5.41, 5.74) is 0.524. The van der Waals surface area contributed by atoms with Crippen molar-refractivity contribution in [3.63, 3.8) is 0 Å². The van der Waals surface area contributed by atoms with E-state index in [1.54, 1.807) is 0 Å². The third-order valence-corrected chi connectivity index (χ3v) is 2.19. The Hall–Kier alpha value is -0.0400. The predicted octanol–water partition coefficient (Wildman–Crippen LogP) is 2.03. The van der Waals surface area contributed by atoms with E-state index < -0.39 is 0 Å². The van der Waals surface area contributed by atoms with Crippen LogP contribution in [-0.4, -0.2) is 13.6 Å². The maximum Gasteiger partial charge on any atom is -0.0000385 e. The Balaban J connectivity index is 2.19. The van der Waals surface area contributed by atoms with Crippen molar-refractivity contribution in [3.05, 3.63) is 0 Å². The molecule has 0 aromatic rings. The first-order valence-corrected chi connectivity index (χ1v) is 4.29. The van der Waals surface area contributed by atoms with Gasteiger partial charge in [-0.3, -0.25) is 0 Å². The van der Waals surface area contributed by atoms with Crippen molar-refractivity contribution in [2.24, 2.45) is 11.3 Å². The highest BCUT2D eigenvalue weighted by atomic mass is 14.8. The molecule has 1 heteroatoms. The number of hydrogen-bond acceptors (Lipinski definition) is 1. The van der Waals surface area contributed by atoms with Crippen molar-refractivity contribution in [1.82, 2.24) is 5.32 Å². The summed E-state index contributed by atoms with van der Waals surface area (Å²) in [6.45, 7) is 5.85. The molecule has 1 saturated carbocycles. The van der Waals surface area contributed by atoms with E-state index in [1.165, 1.54) is 19.3 Å². The molecule has 0 aromatic carbocycles. The van der Waals surface area contributed by atoms with Crippen molar-refractivity contribution in [3.8, 4) is 0 Å². The Morgan fingerprint density at radius 1 is 1.40 bits per heavy atom. The van der Waals surface area contributed by atoms with Gasteiger partial charge in [0.15, 0.2) is 0 Å². The molecular weight excluding hydrogens is 122 g/mol. The standard InChI is InChI=1S/C9H19N/c1-9(2,7-10-3)6-8-4-5-8/h8,10H,4-7H2,1-3H3. The van der Waals surface area contributed by atoms with Gasteiger partial charge in [-0.1, -0.05) is 26.7 Å². The monoisotopic (exact) mass is 141 g/mol. The van der Waals surface area contributed by atoms with Gasteiger partial charge in [0, 0.05) is 0 Å². The molecule has 0 radical (unpaired) electrons. The lowest BCUT2D eigenvalue weighted by Crippen LogP contribution is -2.26. The second-order valence-corrected chi connectivity index (χ2v) is 4.34. The maximum atomic E-state index is 3.24. The molecule has 0 bridgehead atoms. The van der Waals surface area contributed by atoms with Crippen LogP contribution in [0.15, 0.2) is 0 Å². The van der Waals surface area contributed by atoms with Gasteiger partial charge in [0.05, 0.1) is 0 Å². The molecule has 0 atom stereocenters. The zero-order valence-electron chi connectivity index (χ0n) is 7.41. The SMILES string of the molecule is CNCC(C)(C)CC1CC1. The lowest BCUT2D eigenvalue weighted by atomic mass is 9.87. The molecule has 10 heavy (non-hydrogen) atoms. The summed E-state index contributed by atoms with van der Waals surface area (Å²) in [6.07, 6.45) is 4.37. The van der Waals surface area contributed by atoms with Crippen molar-refractivity contribution in [1.29, 1.82) is 0 Å². The van der Waals surface area contributed by atoms with E-state index in [9.17, 15) is 0 Å². The molecule has 0 unspecified atom stereocenters. The second-order valence-electron chi connectivity index (χ2n) is 4.34. The highest BCUT2D eigenvalue weighted by Crippen LogP contribution is 2.39. The zero-order valence-corrected chi connectivity index (χ0v) is 7.41. The van der Waals surface area contributed by atoms with Crippen molar-refractivity contribution >= 4 is 0 Å². The van der Waals surface area contributed by atoms with Crippen LogP contribution in [0.4, 0.5) is 0 Å². The Kier molecular flexibility index (Phi) is 2.35. The van der Waals surface area contributed by atoms with Gasteiger partial charge in [-0.25, -0.2) is 0 Å². The molecule has 0 spiro atoms. The minimum absolute atomic E-state index is 0.524. The largest absolute Gasteiger partial charge is 0.319 e. The van der Waals surface area contributed by atoms with Crippen LogP contribution in [0.1, 0.15) is 33.1 Å². The van der Waals surface area contributed by atoms with E-state index in [4.69, 9.17) is 0 Å². The molecule has 1 aliphatic rings. The van der Waals surface area contributed by atoms with Crippen LogP contribution in [0.25, 0.3) is 0 Å². The normalized spacial score (nSPS) is 19.5. The minimum atomic E-state index is 0.524. The van der Waals surface area contributed by atoms with Crippen molar-refractivity contribution in [2.75, 3.05) is 13.6 Å². The van der Waals surface area contributed by atoms with Gasteiger partial charge in [-0.2, -0.15) is 0 Å². The highest BCUT2D eigenvalue weighted by Gasteiger charge is 2.29. The summed E-state index contributed by atoms with van der Waals surface area (Å²) in [5, 5.41) is 3.24. The number of nitrogens with one attached hydrogen (secondary N) is 1. The predicted molar refractivity (Wildman–Crippen MR) is 45.0 cm³/mol. The number of rotatable bonds is 4. The first-order valence-electron chi connectivity index (χ1n) is 4.29. The van der Waals surface area contributed by atoms with Gasteiger partial charge in [-0.15, -0.1) is 0 Å². The fraction of sp³-hybridized carbons (Fsp3) is 1.00. The molecule has 60 valence electrons. The Morgan fingerprint density at radius 2 is 2.00 bits per heavy atom. The van der Waals surface area contributed by atoms with Crippen LogP contribution >= 0.6 is 0 Å². The van der Waals surface area contributed by atoms with E-state index in [2.05, 4.69) is 19.2 Å². The first-order chi connectivity index (χ1) is 4.64. The highest BCUT2D eigenvalue weighted by molar-refractivity contribution is 4.82. The summed E-state index contributed by atoms with van der Waals surface area (Å²) in [5.74, 6) is 1.06. The topological polar surface area (TPSA) is 12.0 Å². The van der Waals surface area contributed by atoms with Gasteiger partial charge in [-0.05, 0) is 31.3 Å². The molecule has 0 aliphatic heterocycles. The Labute approximate surface area is 64.2 Å². The lowest BCUT2D eigenvalue weighted by Gasteiger charge is -2.23. The van der Waals surface area contributed by atoms with Crippen molar-refractivity contribution < 1.29 is 0 Å². The van der Waals surface area contributed by atoms with Gasteiger partial charge < -0.3 is 5.32 Å². The van der Waals surface area contributed by atoms with E-state index in [0.717, 1.165) is 12.5 Å². The second kappa shape index (κ2) is 2.91. The quantitative estimate of drug-likeness (QED) is 0.631. The maximum absolute atomic E-state index is 3.24. The average molecular weight is 141 g/mol. The lowest BCUT2D eigenvalue weighted by molar-refractivity contribution is 0.306. The fourth-order valence-corrected chi connectivity index (χ4v) is 1.65. The summed E-state index contributed by atoms with van der Waals surface area (Å²) in [7, 11) is 2.04. The van der Waals surface area contributed by atoms with E-state index in [-0.39, 0.29) is 0 Å². The van der Waals surface area contributed by atoms with E-state index >= 15 is 0 Å². The van der Waals surface area contributed by atoms with Crippen LogP contribution in [0.2, 0.25) is 0 Å². The third kappa shape index (κ3) is 2.70. The van der Waals surface area contributed by atoms with E-state index in [0.29, 0.717) is 5.41 Å². The summed E-state index contributed by atoms with van der Waals surface area (Å²) in [4.78, 5) is 0. The van der Waals surface area contributed by atoms with Gasteiger partial charge >= 0.3 is 0 Å². The molecular formula is C9H19N. The minimum Gasteiger partial charge on any atom is -0.319 e. The molecule has 0 aromatic heterocycles. The Morgan fingerprint density at radius 3 is 2.40 bits per heavy atom. The van der Waals surface area contributed by atoms with Crippen LogP contribution in [0.3, 0.4) is 0 Å². The van der Waals surface area contributed by atoms with E-state index in [1.807, 2.05) is 7.05 Å². The van der Waals surface area contributed by atoms with Crippen LogP contribution < -0.4 is 5.32 Å².